The van der Waals surface area contributed by atoms with E-state index in [-0.39, 0.29) is 18.3 Å². The number of nitrogens with zero attached hydrogens (tertiary/aromatic N) is 3. The number of hydrogen-bond donors (Lipinski definition) is 0. The Bertz CT molecular complexity index is 1050. The molecule has 9 heteroatoms. The first kappa shape index (κ1) is 17.9. The van der Waals surface area contributed by atoms with Gasteiger partial charge in [-0.05, 0) is 38.3 Å². The van der Waals surface area contributed by atoms with Crippen LogP contribution in [0, 0.1) is 6.92 Å². The van der Waals surface area contributed by atoms with Gasteiger partial charge in [-0.3, -0.25) is 4.79 Å². The molecule has 3 aromatic heterocycles. The van der Waals surface area contributed by atoms with Crippen LogP contribution >= 0.6 is 22.9 Å². The van der Waals surface area contributed by atoms with Gasteiger partial charge in [-0.15, -0.1) is 11.3 Å². The highest BCUT2D eigenvalue weighted by Gasteiger charge is 2.34. The first-order valence-electron chi connectivity index (χ1n) is 8.51. The van der Waals surface area contributed by atoms with Crippen molar-refractivity contribution in [1.82, 2.24) is 9.55 Å². The Morgan fingerprint density at radius 2 is 2.26 bits per heavy atom. The van der Waals surface area contributed by atoms with Crippen LogP contribution in [0.5, 0.6) is 5.88 Å². The number of imidazole rings is 1. The van der Waals surface area contributed by atoms with Crippen molar-refractivity contribution < 1.29 is 23.8 Å². The molecule has 4 rings (SSSR count). The van der Waals surface area contributed by atoms with E-state index in [1.807, 2.05) is 13.0 Å². The molecule has 0 bridgehead atoms. The van der Waals surface area contributed by atoms with E-state index in [1.54, 1.807) is 23.0 Å². The molecule has 0 atom stereocenters. The molecule has 3 aromatic rings. The van der Waals surface area contributed by atoms with Crippen LogP contribution in [0.1, 0.15) is 40.2 Å². The number of fused-ring (bicyclic) bond motifs is 1. The number of thiazole rings is 1. The van der Waals surface area contributed by atoms with Crippen LogP contribution in [0.3, 0.4) is 0 Å². The number of hydrogen-bond acceptors (Lipinski definition) is 6. The molecule has 0 radical (unpaired) electrons. The predicted molar refractivity (Wildman–Crippen MR) is 96.1 cm³/mol. The summed E-state index contributed by atoms with van der Waals surface area (Å²) in [5, 5.41) is 12.9. The van der Waals surface area contributed by atoms with E-state index < -0.39 is 17.6 Å². The van der Waals surface area contributed by atoms with E-state index in [9.17, 15) is 14.7 Å². The third-order valence-electron chi connectivity index (χ3n) is 4.67. The van der Waals surface area contributed by atoms with Crippen LogP contribution in [0.25, 0.3) is 5.65 Å². The van der Waals surface area contributed by atoms with Crippen molar-refractivity contribution in [3.63, 3.8) is 0 Å². The summed E-state index contributed by atoms with van der Waals surface area (Å²) in [7, 11) is 0. The van der Waals surface area contributed by atoms with Gasteiger partial charge in [-0.1, -0.05) is 11.6 Å². The highest BCUT2D eigenvalue weighted by atomic mass is 35.5. The standard InChI is InChI=1S/C18H16ClN3O4S/c1-10-4-3-7-21-15(10)22(9-12-8-20-18(19)27-12)13(16(21)24)14(23)17(25)26-11-5-2-6-11/h3-4,7-8,11H,2,5-6,9H2,1H3. The zero-order valence-corrected chi connectivity index (χ0v) is 16.0. The van der Waals surface area contributed by atoms with Gasteiger partial charge >= 0.3 is 11.8 Å². The number of ketones is 1. The molecule has 140 valence electrons. The second-order valence-electron chi connectivity index (χ2n) is 6.49. The number of Topliss-reactive ketones (excluding diaryl/α,β-unsaturated/α-hetero) is 1. The van der Waals surface area contributed by atoms with Crippen LogP contribution in [0.15, 0.2) is 24.5 Å². The number of ether oxygens (including phenoxy) is 1. The van der Waals surface area contributed by atoms with E-state index in [1.165, 1.54) is 15.7 Å². The zero-order chi connectivity index (χ0) is 19.1. The van der Waals surface area contributed by atoms with Gasteiger partial charge < -0.3 is 9.84 Å². The smallest absolute Gasteiger partial charge is 0.384 e. The summed E-state index contributed by atoms with van der Waals surface area (Å²) in [5.74, 6) is -2.45. The second kappa shape index (κ2) is 6.94. The van der Waals surface area contributed by atoms with Gasteiger partial charge in [-0.25, -0.2) is 18.7 Å². The lowest BCUT2D eigenvalue weighted by atomic mass is 9.96. The minimum absolute atomic E-state index is 0.207. The second-order valence-corrected chi connectivity index (χ2v) is 8.19. The fraction of sp³-hybridized carbons (Fsp3) is 0.333. The number of esters is 1. The minimum atomic E-state index is -0.985. The SMILES string of the molecule is Cc1ccc[n+]2c([O-])c(C(=O)C(=O)OC3CCC3)n(Cc3cnc(Cl)s3)c12. The first-order chi connectivity index (χ1) is 13.0. The van der Waals surface area contributed by atoms with E-state index in [0.717, 1.165) is 29.7 Å². The molecule has 1 aliphatic carbocycles. The summed E-state index contributed by atoms with van der Waals surface area (Å²) < 4.78 is 8.50. The van der Waals surface area contributed by atoms with E-state index in [0.29, 0.717) is 10.1 Å². The average molecular weight is 406 g/mol. The largest absolute Gasteiger partial charge is 0.839 e. The molecule has 1 fully saturated rings. The highest BCUT2D eigenvalue weighted by molar-refractivity contribution is 7.15. The maximum absolute atomic E-state index is 12.9. The van der Waals surface area contributed by atoms with Crippen molar-refractivity contribution in [1.29, 1.82) is 0 Å². The van der Waals surface area contributed by atoms with Gasteiger partial charge in [0.25, 0.3) is 5.65 Å². The summed E-state index contributed by atoms with van der Waals surface area (Å²) >= 11 is 7.16. The van der Waals surface area contributed by atoms with E-state index >= 15 is 0 Å². The molecule has 0 aromatic carbocycles. The van der Waals surface area contributed by atoms with Crippen molar-refractivity contribution >= 4 is 40.3 Å². The van der Waals surface area contributed by atoms with Crippen molar-refractivity contribution in [2.45, 2.75) is 38.8 Å². The Balaban J connectivity index is 1.81. The lowest BCUT2D eigenvalue weighted by Crippen LogP contribution is -2.31. The molecule has 3 heterocycles. The topological polar surface area (TPSA) is 88.4 Å². The summed E-state index contributed by atoms with van der Waals surface area (Å²) in [6.07, 6.45) is 5.41. The molecule has 27 heavy (non-hydrogen) atoms. The van der Waals surface area contributed by atoms with Crippen LogP contribution in [0.2, 0.25) is 4.47 Å². The van der Waals surface area contributed by atoms with Gasteiger partial charge in [0.1, 0.15) is 18.5 Å². The van der Waals surface area contributed by atoms with Crippen LogP contribution in [0.4, 0.5) is 0 Å². The molecule has 7 nitrogen and oxygen atoms in total. The predicted octanol–water partition coefficient (Wildman–Crippen LogP) is 2.05. The average Bonchev–Trinajstić information content (AvgIpc) is 3.13. The van der Waals surface area contributed by atoms with Crippen molar-refractivity contribution in [2.24, 2.45) is 0 Å². The third-order valence-corrected chi connectivity index (χ3v) is 5.77. The van der Waals surface area contributed by atoms with Crippen LogP contribution in [-0.2, 0) is 16.1 Å². The number of aryl methyl sites for hydroxylation is 1. The normalized spacial score (nSPS) is 14.3. The summed E-state index contributed by atoms with van der Waals surface area (Å²) in [5.41, 5.74) is 1.14. The highest BCUT2D eigenvalue weighted by Crippen LogP contribution is 2.26. The number of rotatable bonds is 5. The molecule has 0 unspecified atom stereocenters. The Morgan fingerprint density at radius 3 is 2.89 bits per heavy atom. The lowest BCUT2D eigenvalue weighted by Gasteiger charge is -2.24. The van der Waals surface area contributed by atoms with Gasteiger partial charge in [0.05, 0.1) is 11.1 Å². The molecule has 1 aliphatic rings. The van der Waals surface area contributed by atoms with Gasteiger partial charge in [0.2, 0.25) is 5.69 Å². The Hall–Kier alpha value is -2.45. The van der Waals surface area contributed by atoms with Crippen molar-refractivity contribution in [3.8, 4) is 5.88 Å². The quantitative estimate of drug-likeness (QED) is 0.280. The number of carbonyl (C=O) groups is 2. The molecule has 0 spiro atoms. The Labute approximate surface area is 163 Å². The number of halogens is 1. The fourth-order valence-electron chi connectivity index (χ4n) is 3.13. The molecule has 0 N–H and O–H groups in total. The number of pyridine rings is 1. The zero-order valence-electron chi connectivity index (χ0n) is 14.5. The molecular weight excluding hydrogens is 390 g/mol. The number of aromatic nitrogens is 3. The Morgan fingerprint density at radius 1 is 1.48 bits per heavy atom. The lowest BCUT2D eigenvalue weighted by molar-refractivity contribution is -0.583. The maximum atomic E-state index is 12.9. The monoisotopic (exact) mass is 405 g/mol. The Kier molecular flexibility index (Phi) is 4.61. The number of carbonyl (C=O) groups excluding carboxylic acids is 2. The van der Waals surface area contributed by atoms with E-state index in [4.69, 9.17) is 16.3 Å². The van der Waals surface area contributed by atoms with Crippen molar-refractivity contribution in [2.75, 3.05) is 0 Å². The van der Waals surface area contributed by atoms with Gasteiger partial charge in [0.15, 0.2) is 4.47 Å². The summed E-state index contributed by atoms with van der Waals surface area (Å²) in [6, 6.07) is 3.56. The molecule has 1 saturated carbocycles. The summed E-state index contributed by atoms with van der Waals surface area (Å²) in [4.78, 5) is 29.9. The van der Waals surface area contributed by atoms with Crippen LogP contribution < -0.4 is 9.51 Å². The summed E-state index contributed by atoms with van der Waals surface area (Å²) in [6.45, 7) is 2.05. The van der Waals surface area contributed by atoms with Gasteiger partial charge in [-0.2, -0.15) is 0 Å². The van der Waals surface area contributed by atoms with Gasteiger partial charge in [0, 0.05) is 11.8 Å². The van der Waals surface area contributed by atoms with E-state index in [2.05, 4.69) is 4.98 Å². The fourth-order valence-corrected chi connectivity index (χ4v) is 4.09. The van der Waals surface area contributed by atoms with Crippen LogP contribution in [-0.4, -0.2) is 27.4 Å². The first-order valence-corrected chi connectivity index (χ1v) is 9.71. The van der Waals surface area contributed by atoms with Crippen molar-refractivity contribution in [3.05, 3.63) is 45.1 Å². The molecular formula is C18H16ClN3O4S. The minimum Gasteiger partial charge on any atom is -0.839 e. The maximum Gasteiger partial charge on any atom is 0.384 e. The molecule has 0 amide bonds. The third kappa shape index (κ3) is 3.19. The molecule has 0 aliphatic heterocycles. The molecule has 0 saturated heterocycles.